The van der Waals surface area contributed by atoms with Crippen LogP contribution in [0.15, 0.2) is 70.0 Å². The van der Waals surface area contributed by atoms with Crippen LogP contribution < -0.4 is 5.32 Å². The Bertz CT molecular complexity index is 1420. The van der Waals surface area contributed by atoms with E-state index < -0.39 is 0 Å². The predicted molar refractivity (Wildman–Crippen MR) is 120 cm³/mol. The van der Waals surface area contributed by atoms with Crippen LogP contribution in [0.5, 0.6) is 0 Å². The number of hydrogen-bond donors (Lipinski definition) is 1. The molecule has 0 fully saturated rings. The van der Waals surface area contributed by atoms with Crippen molar-refractivity contribution in [1.29, 1.82) is 0 Å². The molecule has 154 valence electrons. The Labute approximate surface area is 185 Å². The summed E-state index contributed by atoms with van der Waals surface area (Å²) in [6.45, 7) is 1.86. The number of aromatic nitrogens is 5. The molecule has 1 N–H and O–H groups in total. The van der Waals surface area contributed by atoms with E-state index in [0.717, 1.165) is 15.9 Å². The van der Waals surface area contributed by atoms with E-state index in [1.54, 1.807) is 41.0 Å². The minimum absolute atomic E-state index is 0.269. The maximum absolute atomic E-state index is 13.5. The summed E-state index contributed by atoms with van der Waals surface area (Å²) >= 11 is 3.41. The van der Waals surface area contributed by atoms with Gasteiger partial charge in [0.1, 0.15) is 5.69 Å². The quantitative estimate of drug-likeness (QED) is 0.404. The van der Waals surface area contributed by atoms with Crippen LogP contribution in [0.1, 0.15) is 16.1 Å². The number of rotatable bonds is 4. The third-order valence-electron chi connectivity index (χ3n) is 4.94. The summed E-state index contributed by atoms with van der Waals surface area (Å²) in [4.78, 5) is 18.1. The highest BCUT2D eigenvalue weighted by Crippen LogP contribution is 2.29. The molecule has 0 radical (unpaired) electrons. The third kappa shape index (κ3) is 3.42. The molecule has 0 unspecified atom stereocenters. The Morgan fingerprint density at radius 2 is 2.03 bits per heavy atom. The van der Waals surface area contributed by atoms with Crippen molar-refractivity contribution < 1.29 is 9.21 Å². The molecule has 4 aromatic heterocycles. The van der Waals surface area contributed by atoms with Crippen molar-refractivity contribution in [2.24, 2.45) is 7.05 Å². The van der Waals surface area contributed by atoms with E-state index in [1.165, 1.54) is 0 Å². The van der Waals surface area contributed by atoms with Gasteiger partial charge in [-0.05, 0) is 53.2 Å². The van der Waals surface area contributed by atoms with Crippen LogP contribution in [0.25, 0.3) is 28.2 Å². The number of aryl methyl sites for hydroxylation is 2. The smallest absolute Gasteiger partial charge is 0.256 e. The van der Waals surface area contributed by atoms with E-state index >= 15 is 0 Å². The number of benzene rings is 1. The Morgan fingerprint density at radius 1 is 1.19 bits per heavy atom. The maximum atomic E-state index is 13.5. The molecular weight excluding hydrogens is 460 g/mol. The lowest BCUT2D eigenvalue weighted by atomic mass is 10.1. The van der Waals surface area contributed by atoms with E-state index in [0.29, 0.717) is 33.7 Å². The fourth-order valence-electron chi connectivity index (χ4n) is 3.58. The molecule has 4 heterocycles. The van der Waals surface area contributed by atoms with Gasteiger partial charge in [-0.15, -0.1) is 0 Å². The fourth-order valence-corrected chi connectivity index (χ4v) is 3.86. The molecule has 9 heteroatoms. The monoisotopic (exact) mass is 476 g/mol. The van der Waals surface area contributed by atoms with Crippen molar-refractivity contribution in [3.63, 3.8) is 0 Å². The van der Waals surface area contributed by atoms with Crippen molar-refractivity contribution in [3.8, 4) is 17.1 Å². The summed E-state index contributed by atoms with van der Waals surface area (Å²) in [5.41, 5.74) is 3.76. The number of hydrogen-bond acceptors (Lipinski definition) is 5. The first-order valence-electron chi connectivity index (χ1n) is 9.50. The largest absolute Gasteiger partial charge is 0.463 e. The molecular formula is C22H17BrN6O2. The molecule has 31 heavy (non-hydrogen) atoms. The highest BCUT2D eigenvalue weighted by molar-refractivity contribution is 9.10. The number of pyridine rings is 1. The van der Waals surface area contributed by atoms with Gasteiger partial charge in [-0.25, -0.2) is 9.67 Å². The molecule has 5 rings (SSSR count). The number of carbonyl (C=O) groups is 1. The average Bonchev–Trinajstić information content (AvgIpc) is 3.50. The van der Waals surface area contributed by atoms with Crippen molar-refractivity contribution in [1.82, 2.24) is 24.5 Å². The minimum atomic E-state index is -0.269. The lowest BCUT2D eigenvalue weighted by molar-refractivity contribution is 0.102. The van der Waals surface area contributed by atoms with Crippen LogP contribution in [0, 0.1) is 6.92 Å². The Balaban J connectivity index is 1.61. The Hall–Kier alpha value is -3.72. The molecule has 5 aromatic rings. The molecule has 0 aliphatic rings. The summed E-state index contributed by atoms with van der Waals surface area (Å²) in [6, 6.07) is 12.8. The molecule has 0 spiro atoms. The summed E-state index contributed by atoms with van der Waals surface area (Å²) in [5.74, 6) is 0.312. The molecule has 0 bridgehead atoms. The number of anilines is 1. The van der Waals surface area contributed by atoms with E-state index in [-0.39, 0.29) is 5.91 Å². The van der Waals surface area contributed by atoms with Crippen LogP contribution in [0.3, 0.4) is 0 Å². The van der Waals surface area contributed by atoms with Gasteiger partial charge in [-0.3, -0.25) is 9.48 Å². The number of nitrogens with zero attached hydrogens (tertiary/aromatic N) is 5. The van der Waals surface area contributed by atoms with Gasteiger partial charge in [-0.2, -0.15) is 10.2 Å². The molecule has 8 nitrogen and oxygen atoms in total. The number of halogens is 1. The topological polar surface area (TPSA) is 90.8 Å². The normalized spacial score (nSPS) is 11.2. The SMILES string of the molecule is Cc1nn(C)c2nc(-c3ccco3)cc(C(=O)Nc3ccccc3-n3cc(Br)cn3)c12. The molecule has 1 aromatic carbocycles. The third-order valence-corrected chi connectivity index (χ3v) is 5.35. The van der Waals surface area contributed by atoms with Crippen LogP contribution in [-0.2, 0) is 7.05 Å². The maximum Gasteiger partial charge on any atom is 0.256 e. The fraction of sp³-hybridized carbons (Fsp3) is 0.0909. The molecule has 0 aliphatic heterocycles. The van der Waals surface area contributed by atoms with Gasteiger partial charge >= 0.3 is 0 Å². The molecule has 1 amide bonds. The lowest BCUT2D eigenvalue weighted by Crippen LogP contribution is -2.15. The van der Waals surface area contributed by atoms with E-state index in [1.807, 2.05) is 43.5 Å². The van der Waals surface area contributed by atoms with Gasteiger partial charge < -0.3 is 9.73 Å². The molecule has 0 saturated heterocycles. The molecule has 0 atom stereocenters. The summed E-state index contributed by atoms with van der Waals surface area (Å²) in [6.07, 6.45) is 5.10. The van der Waals surface area contributed by atoms with Crippen LogP contribution in [0.4, 0.5) is 5.69 Å². The van der Waals surface area contributed by atoms with Crippen LogP contribution in [0.2, 0.25) is 0 Å². The number of furan rings is 1. The highest BCUT2D eigenvalue weighted by atomic mass is 79.9. The molecule has 0 saturated carbocycles. The minimum Gasteiger partial charge on any atom is -0.463 e. The van der Waals surface area contributed by atoms with Gasteiger partial charge in [0.05, 0.1) is 45.0 Å². The summed E-state index contributed by atoms with van der Waals surface area (Å²) in [5, 5.41) is 12.5. The predicted octanol–water partition coefficient (Wildman–Crippen LogP) is 4.74. The van der Waals surface area contributed by atoms with Crippen molar-refractivity contribution in [2.75, 3.05) is 5.32 Å². The van der Waals surface area contributed by atoms with Crippen molar-refractivity contribution in [3.05, 3.63) is 76.9 Å². The van der Waals surface area contributed by atoms with Crippen LogP contribution >= 0.6 is 15.9 Å². The van der Waals surface area contributed by atoms with E-state index in [4.69, 9.17) is 4.42 Å². The highest BCUT2D eigenvalue weighted by Gasteiger charge is 2.21. The van der Waals surface area contributed by atoms with E-state index in [9.17, 15) is 4.79 Å². The van der Waals surface area contributed by atoms with Crippen molar-refractivity contribution >= 4 is 38.6 Å². The van der Waals surface area contributed by atoms with Gasteiger partial charge in [0.15, 0.2) is 11.4 Å². The first-order valence-corrected chi connectivity index (χ1v) is 10.3. The second-order valence-corrected chi connectivity index (χ2v) is 7.93. The van der Waals surface area contributed by atoms with Crippen LogP contribution in [-0.4, -0.2) is 30.5 Å². The Morgan fingerprint density at radius 3 is 2.77 bits per heavy atom. The first-order chi connectivity index (χ1) is 15.0. The van der Waals surface area contributed by atoms with Crippen molar-refractivity contribution in [2.45, 2.75) is 6.92 Å². The number of amides is 1. The average molecular weight is 477 g/mol. The number of para-hydroxylation sites is 2. The zero-order valence-corrected chi connectivity index (χ0v) is 18.3. The first kappa shape index (κ1) is 19.3. The molecule has 0 aliphatic carbocycles. The number of fused-ring (bicyclic) bond motifs is 1. The number of nitrogens with one attached hydrogen (secondary N) is 1. The summed E-state index contributed by atoms with van der Waals surface area (Å²) in [7, 11) is 1.81. The second-order valence-electron chi connectivity index (χ2n) is 7.01. The standard InChI is InChI=1S/C22H17BrN6O2/c1-13-20-15(10-17(19-8-5-9-31-19)25-21(20)28(2)27-13)22(30)26-16-6-3-4-7-18(16)29-12-14(23)11-24-29/h3-12H,1-2H3,(H,26,30). The zero-order valence-electron chi connectivity index (χ0n) is 16.7. The summed E-state index contributed by atoms with van der Waals surface area (Å²) < 4.78 is 9.72. The zero-order chi connectivity index (χ0) is 21.5. The van der Waals surface area contributed by atoms with Gasteiger partial charge in [0.2, 0.25) is 0 Å². The van der Waals surface area contributed by atoms with Gasteiger partial charge in [0, 0.05) is 13.2 Å². The second kappa shape index (κ2) is 7.51. The van der Waals surface area contributed by atoms with E-state index in [2.05, 4.69) is 36.4 Å². The van der Waals surface area contributed by atoms with Gasteiger partial charge in [0.25, 0.3) is 5.91 Å². The van der Waals surface area contributed by atoms with Gasteiger partial charge in [-0.1, -0.05) is 12.1 Å². The lowest BCUT2D eigenvalue weighted by Gasteiger charge is -2.12. The number of carbonyl (C=O) groups excluding carboxylic acids is 1. The Kier molecular flexibility index (Phi) is 4.67.